The van der Waals surface area contributed by atoms with E-state index in [0.29, 0.717) is 5.56 Å². The Hall–Kier alpha value is -2.24. The summed E-state index contributed by atoms with van der Waals surface area (Å²) in [6.07, 6.45) is 0. The average molecular weight is 329 g/mol. The molecule has 0 fully saturated rings. The van der Waals surface area contributed by atoms with Crippen molar-refractivity contribution in [3.63, 3.8) is 0 Å². The lowest BCUT2D eigenvalue weighted by molar-refractivity contribution is 0.0557. The van der Waals surface area contributed by atoms with Gasteiger partial charge in [0.1, 0.15) is 11.4 Å². The summed E-state index contributed by atoms with van der Waals surface area (Å²) < 4.78 is 14.0. The molecule has 0 aliphatic rings. The standard InChI is InChI=1S/C18H16FNO2S/c1-18(22,16-10-13-4-2-3-5-15(13)23-16)11-20-17(21)12-6-8-14(19)9-7-12/h2-10,22H,11H2,1H3,(H,20,21). The Morgan fingerprint density at radius 3 is 2.61 bits per heavy atom. The number of halogens is 1. The van der Waals surface area contributed by atoms with Crippen molar-refractivity contribution in [3.8, 4) is 0 Å². The number of hydrogen-bond acceptors (Lipinski definition) is 3. The summed E-state index contributed by atoms with van der Waals surface area (Å²) in [6.45, 7) is 1.75. The third kappa shape index (κ3) is 3.41. The molecule has 1 amide bonds. The lowest BCUT2D eigenvalue weighted by Crippen LogP contribution is -2.38. The molecule has 3 rings (SSSR count). The minimum atomic E-state index is -1.17. The number of thiophene rings is 1. The van der Waals surface area contributed by atoms with E-state index >= 15 is 0 Å². The maximum atomic E-state index is 12.9. The topological polar surface area (TPSA) is 49.3 Å². The number of fused-ring (bicyclic) bond motifs is 1. The highest BCUT2D eigenvalue weighted by Gasteiger charge is 2.26. The smallest absolute Gasteiger partial charge is 0.251 e. The number of benzene rings is 2. The van der Waals surface area contributed by atoms with Crippen LogP contribution < -0.4 is 5.32 Å². The normalized spacial score (nSPS) is 13.7. The van der Waals surface area contributed by atoms with Gasteiger partial charge in [0.05, 0.1) is 6.54 Å². The lowest BCUT2D eigenvalue weighted by Gasteiger charge is -2.22. The Bertz CT molecular complexity index is 807. The van der Waals surface area contributed by atoms with E-state index in [2.05, 4.69) is 5.32 Å². The van der Waals surface area contributed by atoms with Crippen LogP contribution in [-0.2, 0) is 5.60 Å². The van der Waals surface area contributed by atoms with E-state index in [-0.39, 0.29) is 18.3 Å². The first-order valence-electron chi connectivity index (χ1n) is 7.21. The molecular formula is C18H16FNO2S. The molecule has 0 saturated heterocycles. The van der Waals surface area contributed by atoms with Gasteiger partial charge in [-0.3, -0.25) is 4.79 Å². The molecule has 1 aromatic heterocycles. The zero-order chi connectivity index (χ0) is 16.4. The fraction of sp³-hybridized carbons (Fsp3) is 0.167. The number of nitrogens with one attached hydrogen (secondary N) is 1. The SMILES string of the molecule is CC(O)(CNC(=O)c1ccc(F)cc1)c1cc2ccccc2s1. The molecule has 0 bridgehead atoms. The average Bonchev–Trinajstić information content (AvgIpc) is 2.98. The second-order valence-corrected chi connectivity index (χ2v) is 6.70. The van der Waals surface area contributed by atoms with E-state index in [1.54, 1.807) is 6.92 Å². The summed E-state index contributed by atoms with van der Waals surface area (Å²) in [7, 11) is 0. The van der Waals surface area contributed by atoms with Gasteiger partial charge < -0.3 is 10.4 Å². The zero-order valence-corrected chi connectivity index (χ0v) is 13.4. The van der Waals surface area contributed by atoms with Gasteiger partial charge in [-0.05, 0) is 48.7 Å². The minimum absolute atomic E-state index is 0.0794. The minimum Gasteiger partial charge on any atom is -0.383 e. The van der Waals surface area contributed by atoms with E-state index < -0.39 is 5.60 Å². The monoisotopic (exact) mass is 329 g/mol. The summed E-state index contributed by atoms with van der Waals surface area (Å²) in [5.41, 5.74) is -0.808. The van der Waals surface area contributed by atoms with Gasteiger partial charge >= 0.3 is 0 Å². The lowest BCUT2D eigenvalue weighted by atomic mass is 10.0. The third-order valence-electron chi connectivity index (χ3n) is 3.66. The van der Waals surface area contributed by atoms with E-state index in [1.165, 1.54) is 35.6 Å². The number of aliphatic hydroxyl groups is 1. The fourth-order valence-corrected chi connectivity index (χ4v) is 3.40. The summed E-state index contributed by atoms with van der Waals surface area (Å²) in [5, 5.41) is 14.4. The van der Waals surface area contributed by atoms with Crippen molar-refractivity contribution in [2.75, 3.05) is 6.54 Å². The Balaban J connectivity index is 1.73. The Morgan fingerprint density at radius 1 is 1.22 bits per heavy atom. The van der Waals surface area contributed by atoms with Gasteiger partial charge in [0.2, 0.25) is 0 Å². The molecule has 3 nitrogen and oxygen atoms in total. The molecule has 118 valence electrons. The maximum absolute atomic E-state index is 12.9. The molecule has 0 radical (unpaired) electrons. The van der Waals surface area contributed by atoms with Crippen molar-refractivity contribution >= 4 is 27.3 Å². The highest BCUT2D eigenvalue weighted by Crippen LogP contribution is 2.32. The highest BCUT2D eigenvalue weighted by atomic mass is 32.1. The Morgan fingerprint density at radius 2 is 1.91 bits per heavy atom. The molecule has 0 spiro atoms. The summed E-state index contributed by atoms with van der Waals surface area (Å²) in [4.78, 5) is 12.9. The molecule has 1 heterocycles. The van der Waals surface area contributed by atoms with Crippen LogP contribution in [-0.4, -0.2) is 17.6 Å². The van der Waals surface area contributed by atoms with Crippen molar-refractivity contribution < 1.29 is 14.3 Å². The maximum Gasteiger partial charge on any atom is 0.251 e. The number of hydrogen-bond donors (Lipinski definition) is 2. The van der Waals surface area contributed by atoms with Gasteiger partial charge in [0, 0.05) is 15.1 Å². The molecule has 0 saturated carbocycles. The van der Waals surface area contributed by atoms with Gasteiger partial charge in [0.15, 0.2) is 0 Å². The van der Waals surface area contributed by atoms with E-state index in [1.807, 2.05) is 30.3 Å². The van der Waals surface area contributed by atoms with Crippen molar-refractivity contribution in [3.05, 3.63) is 70.9 Å². The Labute approximate surface area is 137 Å². The van der Waals surface area contributed by atoms with Crippen LogP contribution in [0.1, 0.15) is 22.2 Å². The Kier molecular flexibility index (Phi) is 4.15. The second-order valence-electron chi connectivity index (χ2n) is 5.61. The van der Waals surface area contributed by atoms with E-state index in [9.17, 15) is 14.3 Å². The zero-order valence-electron chi connectivity index (χ0n) is 12.5. The van der Waals surface area contributed by atoms with E-state index in [4.69, 9.17) is 0 Å². The fourth-order valence-electron chi connectivity index (χ4n) is 2.29. The molecule has 0 aliphatic carbocycles. The van der Waals surface area contributed by atoms with Crippen LogP contribution in [0, 0.1) is 5.82 Å². The molecule has 3 aromatic rings. The molecule has 2 aromatic carbocycles. The number of carbonyl (C=O) groups is 1. The summed E-state index contributed by atoms with van der Waals surface area (Å²) >= 11 is 1.50. The number of carbonyl (C=O) groups excluding carboxylic acids is 1. The number of rotatable bonds is 4. The quantitative estimate of drug-likeness (QED) is 0.767. The van der Waals surface area contributed by atoms with Gasteiger partial charge in [-0.15, -0.1) is 11.3 Å². The van der Waals surface area contributed by atoms with Gasteiger partial charge in [-0.1, -0.05) is 18.2 Å². The van der Waals surface area contributed by atoms with Gasteiger partial charge in [0.25, 0.3) is 5.91 Å². The van der Waals surface area contributed by atoms with Crippen LogP contribution in [0.4, 0.5) is 4.39 Å². The first-order chi connectivity index (χ1) is 11.0. The predicted molar refractivity (Wildman–Crippen MR) is 90.1 cm³/mol. The van der Waals surface area contributed by atoms with Crippen molar-refractivity contribution in [2.24, 2.45) is 0 Å². The molecule has 5 heteroatoms. The van der Waals surface area contributed by atoms with Crippen LogP contribution in [0.2, 0.25) is 0 Å². The second kappa shape index (κ2) is 6.10. The first kappa shape index (κ1) is 15.6. The molecule has 23 heavy (non-hydrogen) atoms. The van der Waals surface area contributed by atoms with Crippen LogP contribution in [0.15, 0.2) is 54.6 Å². The van der Waals surface area contributed by atoms with Crippen LogP contribution in [0.25, 0.3) is 10.1 Å². The largest absolute Gasteiger partial charge is 0.383 e. The van der Waals surface area contributed by atoms with Crippen molar-refractivity contribution in [1.82, 2.24) is 5.32 Å². The summed E-state index contributed by atoms with van der Waals surface area (Å²) in [5.74, 6) is -0.731. The molecular weight excluding hydrogens is 313 g/mol. The molecule has 1 unspecified atom stereocenters. The van der Waals surface area contributed by atoms with Crippen molar-refractivity contribution in [2.45, 2.75) is 12.5 Å². The molecule has 1 atom stereocenters. The molecule has 2 N–H and O–H groups in total. The van der Waals surface area contributed by atoms with Gasteiger partial charge in [-0.25, -0.2) is 4.39 Å². The first-order valence-corrected chi connectivity index (χ1v) is 8.02. The molecule has 0 aliphatic heterocycles. The highest BCUT2D eigenvalue weighted by molar-refractivity contribution is 7.19. The van der Waals surface area contributed by atoms with Crippen molar-refractivity contribution in [1.29, 1.82) is 0 Å². The summed E-state index contributed by atoms with van der Waals surface area (Å²) in [6, 6.07) is 15.1. The third-order valence-corrected chi connectivity index (χ3v) is 5.03. The van der Waals surface area contributed by atoms with Gasteiger partial charge in [-0.2, -0.15) is 0 Å². The van der Waals surface area contributed by atoms with E-state index in [0.717, 1.165) is 15.0 Å². The van der Waals surface area contributed by atoms with Crippen LogP contribution in [0.3, 0.4) is 0 Å². The van der Waals surface area contributed by atoms with Crippen LogP contribution >= 0.6 is 11.3 Å². The number of amides is 1. The predicted octanol–water partition coefficient (Wildman–Crippen LogP) is 3.68. The van der Waals surface area contributed by atoms with Crippen LogP contribution in [0.5, 0.6) is 0 Å².